The number of aliphatic hydroxyl groups excluding tert-OH is 1. The molecule has 17 heavy (non-hydrogen) atoms. The standard InChI is InChI=1S/C13H19NO3/c1-12-2-4-13(5-3-12)14(6-8-15)7-10-17-11-9-16/h2-5,8,16H,6-7,9-11H2,1H3. The minimum atomic E-state index is 0.0260. The second-order valence-electron chi connectivity index (χ2n) is 3.78. The van der Waals surface area contributed by atoms with Crippen LogP contribution in [0.2, 0.25) is 0 Å². The number of hydrogen-bond acceptors (Lipinski definition) is 4. The van der Waals surface area contributed by atoms with Gasteiger partial charge < -0.3 is 19.5 Å². The quantitative estimate of drug-likeness (QED) is 0.541. The molecule has 0 atom stereocenters. The topological polar surface area (TPSA) is 49.8 Å². The molecule has 0 heterocycles. The van der Waals surface area contributed by atoms with Gasteiger partial charge in [0, 0.05) is 12.2 Å². The van der Waals surface area contributed by atoms with Crippen molar-refractivity contribution in [3.05, 3.63) is 29.8 Å². The lowest BCUT2D eigenvalue weighted by atomic mass is 10.2. The van der Waals surface area contributed by atoms with Crippen LogP contribution in [0.4, 0.5) is 5.69 Å². The van der Waals surface area contributed by atoms with Crippen molar-refractivity contribution in [3.8, 4) is 0 Å². The maximum absolute atomic E-state index is 10.6. The number of aryl methyl sites for hydroxylation is 1. The van der Waals surface area contributed by atoms with E-state index in [1.54, 1.807) is 0 Å². The number of carbonyl (C=O) groups excluding carboxylic acids is 1. The van der Waals surface area contributed by atoms with Crippen LogP contribution < -0.4 is 4.90 Å². The number of nitrogens with zero attached hydrogens (tertiary/aromatic N) is 1. The van der Waals surface area contributed by atoms with Gasteiger partial charge in [-0.2, -0.15) is 0 Å². The third kappa shape index (κ3) is 4.97. The molecule has 0 bridgehead atoms. The van der Waals surface area contributed by atoms with E-state index >= 15 is 0 Å². The lowest BCUT2D eigenvalue weighted by Crippen LogP contribution is -2.29. The van der Waals surface area contributed by atoms with Gasteiger partial charge in [0.15, 0.2) is 0 Å². The summed E-state index contributed by atoms with van der Waals surface area (Å²) in [5.74, 6) is 0. The summed E-state index contributed by atoms with van der Waals surface area (Å²) in [5, 5.41) is 8.59. The highest BCUT2D eigenvalue weighted by Gasteiger charge is 2.05. The van der Waals surface area contributed by atoms with Gasteiger partial charge in [0.05, 0.1) is 26.4 Å². The van der Waals surface area contributed by atoms with Gasteiger partial charge >= 0.3 is 0 Å². The molecular weight excluding hydrogens is 218 g/mol. The Morgan fingerprint density at radius 2 is 2.00 bits per heavy atom. The van der Waals surface area contributed by atoms with Gasteiger partial charge in [-0.1, -0.05) is 17.7 Å². The molecule has 0 aliphatic carbocycles. The summed E-state index contributed by atoms with van der Waals surface area (Å²) < 4.78 is 5.20. The van der Waals surface area contributed by atoms with Crippen LogP contribution in [0.25, 0.3) is 0 Å². The fourth-order valence-electron chi connectivity index (χ4n) is 1.51. The molecule has 94 valence electrons. The first-order valence-electron chi connectivity index (χ1n) is 5.71. The number of aldehydes is 1. The van der Waals surface area contributed by atoms with Crippen molar-refractivity contribution in [1.29, 1.82) is 0 Å². The van der Waals surface area contributed by atoms with Gasteiger partial charge in [-0.25, -0.2) is 0 Å². The summed E-state index contributed by atoms with van der Waals surface area (Å²) in [6.07, 6.45) is 0.881. The zero-order valence-electron chi connectivity index (χ0n) is 10.1. The maximum Gasteiger partial charge on any atom is 0.139 e. The van der Waals surface area contributed by atoms with Crippen LogP contribution >= 0.6 is 0 Å². The lowest BCUT2D eigenvalue weighted by Gasteiger charge is -2.22. The third-order valence-corrected chi connectivity index (χ3v) is 2.44. The van der Waals surface area contributed by atoms with E-state index in [4.69, 9.17) is 9.84 Å². The summed E-state index contributed by atoms with van der Waals surface area (Å²) in [5.41, 5.74) is 2.20. The molecule has 0 aliphatic rings. The number of hydrogen-bond donors (Lipinski definition) is 1. The summed E-state index contributed by atoms with van der Waals surface area (Å²) in [6, 6.07) is 8.01. The monoisotopic (exact) mass is 237 g/mol. The molecule has 4 heteroatoms. The number of benzene rings is 1. The molecule has 0 amide bonds. The molecule has 1 rings (SSSR count). The Balaban J connectivity index is 2.52. The highest BCUT2D eigenvalue weighted by Crippen LogP contribution is 2.14. The SMILES string of the molecule is Cc1ccc(N(CC=O)CCOCCO)cc1. The normalized spacial score (nSPS) is 10.2. The summed E-state index contributed by atoms with van der Waals surface area (Å²) >= 11 is 0. The largest absolute Gasteiger partial charge is 0.394 e. The first-order valence-corrected chi connectivity index (χ1v) is 5.71. The summed E-state index contributed by atoms with van der Waals surface area (Å²) in [4.78, 5) is 12.6. The molecule has 1 aromatic rings. The van der Waals surface area contributed by atoms with E-state index in [0.29, 0.717) is 26.3 Å². The molecule has 4 nitrogen and oxygen atoms in total. The van der Waals surface area contributed by atoms with Crippen LogP contribution in [-0.2, 0) is 9.53 Å². The molecule has 0 aromatic heterocycles. The van der Waals surface area contributed by atoms with Crippen LogP contribution in [0.5, 0.6) is 0 Å². The van der Waals surface area contributed by atoms with E-state index < -0.39 is 0 Å². The molecule has 1 N–H and O–H groups in total. The average Bonchev–Trinajstić information content (AvgIpc) is 2.34. The van der Waals surface area contributed by atoms with Gasteiger partial charge in [-0.15, -0.1) is 0 Å². The van der Waals surface area contributed by atoms with Crippen molar-refractivity contribution < 1.29 is 14.6 Å². The number of aliphatic hydroxyl groups is 1. The summed E-state index contributed by atoms with van der Waals surface area (Å²) in [6.45, 7) is 3.88. The molecule has 0 aliphatic heterocycles. The molecule has 0 saturated carbocycles. The van der Waals surface area contributed by atoms with Crippen LogP contribution in [0, 0.1) is 6.92 Å². The Morgan fingerprint density at radius 3 is 2.59 bits per heavy atom. The highest BCUT2D eigenvalue weighted by molar-refractivity contribution is 5.61. The molecule has 1 aromatic carbocycles. The third-order valence-electron chi connectivity index (χ3n) is 2.44. The second kappa shape index (κ2) is 7.81. The minimum Gasteiger partial charge on any atom is -0.394 e. The van der Waals surface area contributed by atoms with E-state index in [0.717, 1.165) is 12.0 Å². The van der Waals surface area contributed by atoms with Gasteiger partial charge in [0.1, 0.15) is 6.29 Å². The van der Waals surface area contributed by atoms with Gasteiger partial charge in [-0.05, 0) is 19.1 Å². The van der Waals surface area contributed by atoms with Crippen molar-refractivity contribution in [2.45, 2.75) is 6.92 Å². The van der Waals surface area contributed by atoms with E-state index in [9.17, 15) is 4.79 Å². The number of ether oxygens (including phenoxy) is 1. The van der Waals surface area contributed by atoms with Crippen molar-refractivity contribution in [3.63, 3.8) is 0 Å². The smallest absolute Gasteiger partial charge is 0.139 e. The second-order valence-corrected chi connectivity index (χ2v) is 3.78. The molecule has 0 saturated heterocycles. The Labute approximate surface area is 102 Å². The zero-order chi connectivity index (χ0) is 12.5. The Bertz CT molecular complexity index is 324. The van der Waals surface area contributed by atoms with Crippen LogP contribution in [0.3, 0.4) is 0 Å². The van der Waals surface area contributed by atoms with E-state index in [2.05, 4.69) is 0 Å². The van der Waals surface area contributed by atoms with Crippen molar-refractivity contribution in [1.82, 2.24) is 0 Å². The minimum absolute atomic E-state index is 0.0260. The fourth-order valence-corrected chi connectivity index (χ4v) is 1.51. The van der Waals surface area contributed by atoms with E-state index in [-0.39, 0.29) is 6.61 Å². The van der Waals surface area contributed by atoms with E-state index in [1.807, 2.05) is 36.1 Å². The van der Waals surface area contributed by atoms with Crippen LogP contribution in [0.1, 0.15) is 5.56 Å². The molecule has 0 fully saturated rings. The first-order chi connectivity index (χ1) is 8.27. The molecule has 0 spiro atoms. The zero-order valence-corrected chi connectivity index (χ0v) is 10.1. The maximum atomic E-state index is 10.6. The average molecular weight is 237 g/mol. The summed E-state index contributed by atoms with van der Waals surface area (Å²) in [7, 11) is 0. The van der Waals surface area contributed by atoms with E-state index in [1.165, 1.54) is 5.56 Å². The predicted molar refractivity (Wildman–Crippen MR) is 67.4 cm³/mol. The lowest BCUT2D eigenvalue weighted by molar-refractivity contribution is -0.106. The highest BCUT2D eigenvalue weighted by atomic mass is 16.5. The first kappa shape index (κ1) is 13.7. The number of anilines is 1. The molecular formula is C13H19NO3. The van der Waals surface area contributed by atoms with Crippen molar-refractivity contribution in [2.75, 3.05) is 37.8 Å². The Hall–Kier alpha value is -1.39. The van der Waals surface area contributed by atoms with Gasteiger partial charge in [-0.3, -0.25) is 0 Å². The fraction of sp³-hybridized carbons (Fsp3) is 0.462. The van der Waals surface area contributed by atoms with Crippen LogP contribution in [-0.4, -0.2) is 44.3 Å². The van der Waals surface area contributed by atoms with Gasteiger partial charge in [0.2, 0.25) is 0 Å². The number of rotatable bonds is 8. The Kier molecular flexibility index (Phi) is 6.29. The predicted octanol–water partition coefficient (Wildman–Crippen LogP) is 1.01. The van der Waals surface area contributed by atoms with Crippen molar-refractivity contribution in [2.24, 2.45) is 0 Å². The Morgan fingerprint density at radius 1 is 1.29 bits per heavy atom. The molecule has 0 radical (unpaired) electrons. The van der Waals surface area contributed by atoms with Crippen molar-refractivity contribution >= 4 is 12.0 Å². The van der Waals surface area contributed by atoms with Crippen LogP contribution in [0.15, 0.2) is 24.3 Å². The molecule has 0 unspecified atom stereocenters. The van der Waals surface area contributed by atoms with Gasteiger partial charge in [0.25, 0.3) is 0 Å². The number of carbonyl (C=O) groups is 1.